The Balaban J connectivity index is 1.82. The first kappa shape index (κ1) is 29.6. The molecule has 0 radical (unpaired) electrons. The molecule has 10 heteroatoms. The third-order valence-corrected chi connectivity index (χ3v) is 8.22. The molecule has 1 aliphatic heterocycles. The number of aromatic nitrogens is 1. The summed E-state index contributed by atoms with van der Waals surface area (Å²) >= 11 is 0. The van der Waals surface area contributed by atoms with Crippen LogP contribution in [0.25, 0.3) is 11.1 Å². The van der Waals surface area contributed by atoms with Crippen LogP contribution in [0.2, 0.25) is 0 Å². The maximum atomic E-state index is 15.1. The van der Waals surface area contributed by atoms with Gasteiger partial charge in [0, 0.05) is 60.1 Å². The lowest BCUT2D eigenvalue weighted by Gasteiger charge is -2.26. The number of pyridine rings is 1. The third-order valence-electron chi connectivity index (χ3n) is 7.07. The fourth-order valence-corrected chi connectivity index (χ4v) is 5.73. The number of hydrogen-bond acceptors (Lipinski definition) is 5. The molecule has 0 aliphatic carbocycles. The van der Waals surface area contributed by atoms with Gasteiger partial charge in [0.1, 0.15) is 11.6 Å². The average molecular weight is 573 g/mol. The van der Waals surface area contributed by atoms with Crippen LogP contribution in [-0.4, -0.2) is 40.4 Å². The Labute approximate surface area is 234 Å². The Kier molecular flexibility index (Phi) is 8.58. The Hall–Kier alpha value is -3.40. The van der Waals surface area contributed by atoms with Crippen molar-refractivity contribution in [1.82, 2.24) is 4.98 Å². The molecule has 0 bridgehead atoms. The first-order valence-corrected chi connectivity index (χ1v) is 15.3. The zero-order valence-corrected chi connectivity index (χ0v) is 24.0. The predicted molar refractivity (Wildman–Crippen MR) is 153 cm³/mol. The fourth-order valence-electron chi connectivity index (χ4n) is 5.04. The molecule has 4 rings (SSSR count). The topological polar surface area (TPSA) is 86.2 Å². The van der Waals surface area contributed by atoms with E-state index >= 15 is 4.39 Å². The van der Waals surface area contributed by atoms with E-state index in [9.17, 15) is 17.8 Å². The van der Waals surface area contributed by atoms with E-state index < -0.39 is 27.4 Å². The highest BCUT2D eigenvalue weighted by Gasteiger charge is 2.34. The van der Waals surface area contributed by atoms with Gasteiger partial charge in [-0.1, -0.05) is 26.0 Å². The number of anilines is 2. The second kappa shape index (κ2) is 11.6. The second-order valence-electron chi connectivity index (χ2n) is 10.9. The Bertz CT molecular complexity index is 1520. The van der Waals surface area contributed by atoms with Crippen molar-refractivity contribution >= 4 is 27.1 Å². The molecule has 2 aromatic carbocycles. The van der Waals surface area contributed by atoms with Crippen LogP contribution in [0.4, 0.5) is 24.7 Å². The number of carbonyl (C=O) groups is 1. The lowest BCUT2D eigenvalue weighted by Crippen LogP contribution is -2.30. The van der Waals surface area contributed by atoms with E-state index in [-0.39, 0.29) is 42.1 Å². The predicted octanol–water partition coefficient (Wildman–Crippen LogP) is 7.31. The molecule has 2 heterocycles. The number of rotatable bonds is 7. The van der Waals surface area contributed by atoms with Crippen molar-refractivity contribution in [2.75, 3.05) is 29.6 Å². The van der Waals surface area contributed by atoms with E-state index in [2.05, 4.69) is 24.1 Å². The highest BCUT2D eigenvalue weighted by Crippen LogP contribution is 2.36. The van der Waals surface area contributed by atoms with Crippen LogP contribution in [0.15, 0.2) is 53.6 Å². The zero-order valence-electron chi connectivity index (χ0n) is 23.2. The molecule has 6 nitrogen and oxygen atoms in total. The quantitative estimate of drug-likeness (QED) is 0.311. The van der Waals surface area contributed by atoms with Crippen LogP contribution in [0, 0.1) is 23.4 Å². The summed E-state index contributed by atoms with van der Waals surface area (Å²) in [6.07, 6.45) is 3.18. The summed E-state index contributed by atoms with van der Waals surface area (Å²) in [5.41, 5.74) is 2.65. The van der Waals surface area contributed by atoms with Crippen LogP contribution in [0.1, 0.15) is 54.6 Å². The van der Waals surface area contributed by atoms with Gasteiger partial charge in [-0.25, -0.2) is 27.1 Å². The largest absolute Gasteiger partial charge is 0.356 e. The van der Waals surface area contributed by atoms with Gasteiger partial charge >= 0.3 is 0 Å². The minimum Gasteiger partial charge on any atom is -0.356 e. The van der Waals surface area contributed by atoms with Gasteiger partial charge in [-0.3, -0.25) is 4.79 Å². The summed E-state index contributed by atoms with van der Waals surface area (Å²) in [5, 5.41) is 2.80. The van der Waals surface area contributed by atoms with Gasteiger partial charge in [0.25, 0.3) is 5.91 Å². The van der Waals surface area contributed by atoms with Gasteiger partial charge in [0.2, 0.25) is 5.92 Å². The zero-order chi connectivity index (χ0) is 29.2. The van der Waals surface area contributed by atoms with Crippen molar-refractivity contribution < 1.29 is 22.2 Å². The summed E-state index contributed by atoms with van der Waals surface area (Å²) < 4.78 is 63.6. The summed E-state index contributed by atoms with van der Waals surface area (Å²) in [4.78, 5) is 20.3. The van der Waals surface area contributed by atoms with E-state index in [4.69, 9.17) is 4.78 Å². The minimum atomic E-state index is -3.02. The number of nitrogens with one attached hydrogen (secondary N) is 2. The summed E-state index contributed by atoms with van der Waals surface area (Å²) in [6.45, 7) is 6.17. The summed E-state index contributed by atoms with van der Waals surface area (Å²) in [5.74, 6) is -3.19. The molecule has 3 aromatic rings. The van der Waals surface area contributed by atoms with Crippen molar-refractivity contribution in [2.45, 2.75) is 57.3 Å². The lowest BCUT2D eigenvalue weighted by atomic mass is 9.94. The summed E-state index contributed by atoms with van der Waals surface area (Å²) in [7, 11) is -3.02. The number of nitrogens with zero attached hydrogens (tertiary/aromatic N) is 2. The van der Waals surface area contributed by atoms with Crippen molar-refractivity contribution in [3.8, 4) is 11.1 Å². The van der Waals surface area contributed by atoms with Crippen LogP contribution in [0.3, 0.4) is 0 Å². The van der Waals surface area contributed by atoms with E-state index in [0.29, 0.717) is 34.8 Å². The van der Waals surface area contributed by atoms with Gasteiger partial charge in [0.15, 0.2) is 0 Å². The second-order valence-corrected chi connectivity index (χ2v) is 13.1. The highest BCUT2D eigenvalue weighted by atomic mass is 32.2. The molecule has 1 atom stereocenters. The smallest absolute Gasteiger partial charge is 0.259 e. The van der Waals surface area contributed by atoms with Crippen molar-refractivity contribution in [1.29, 1.82) is 4.78 Å². The molecule has 1 amide bonds. The molecule has 0 saturated carbocycles. The number of carbonyl (C=O) groups excluding carboxylic acids is 1. The monoisotopic (exact) mass is 572 g/mol. The molecule has 2 N–H and O–H groups in total. The molecule has 1 aliphatic rings. The lowest BCUT2D eigenvalue weighted by molar-refractivity contribution is -0.0102. The van der Waals surface area contributed by atoms with Gasteiger partial charge in [-0.05, 0) is 67.1 Å². The molecule has 214 valence electrons. The molecule has 1 aromatic heterocycles. The van der Waals surface area contributed by atoms with Crippen LogP contribution in [0.5, 0.6) is 0 Å². The van der Waals surface area contributed by atoms with E-state index in [1.165, 1.54) is 24.6 Å². The van der Waals surface area contributed by atoms with Gasteiger partial charge in [-0.2, -0.15) is 0 Å². The molecular weight excluding hydrogens is 537 g/mol. The maximum Gasteiger partial charge on any atom is 0.259 e. The van der Waals surface area contributed by atoms with Gasteiger partial charge in [0.05, 0.1) is 15.3 Å². The molecule has 1 unspecified atom stereocenters. The fraction of sp³-hybridized carbons (Fsp3) is 0.400. The Morgan fingerprint density at radius 2 is 1.90 bits per heavy atom. The third kappa shape index (κ3) is 6.83. The Morgan fingerprint density at radius 1 is 1.15 bits per heavy atom. The van der Waals surface area contributed by atoms with Crippen molar-refractivity contribution in [3.05, 3.63) is 71.2 Å². The van der Waals surface area contributed by atoms with Gasteiger partial charge in [-0.15, -0.1) is 0 Å². The molecule has 40 heavy (non-hydrogen) atoms. The molecule has 1 saturated heterocycles. The summed E-state index contributed by atoms with van der Waals surface area (Å²) in [6, 6.07) is 11.1. The number of alkyl halides is 2. The molecule has 0 spiro atoms. The number of hydrogen-bond donors (Lipinski definition) is 2. The Morgan fingerprint density at radius 3 is 2.60 bits per heavy atom. The molecule has 1 fully saturated rings. The van der Waals surface area contributed by atoms with Crippen LogP contribution < -0.4 is 10.2 Å². The van der Waals surface area contributed by atoms with E-state index in [1.807, 2.05) is 0 Å². The minimum absolute atomic E-state index is 0.0174. The van der Waals surface area contributed by atoms with Gasteiger partial charge < -0.3 is 10.2 Å². The number of benzene rings is 2. The van der Waals surface area contributed by atoms with Crippen LogP contribution >= 0.6 is 0 Å². The highest BCUT2D eigenvalue weighted by molar-refractivity contribution is 7.91. The van der Waals surface area contributed by atoms with E-state index in [1.54, 1.807) is 42.2 Å². The van der Waals surface area contributed by atoms with Crippen molar-refractivity contribution in [3.63, 3.8) is 0 Å². The normalized spacial score (nSPS) is 16.9. The first-order valence-electron chi connectivity index (χ1n) is 13.3. The number of halogens is 3. The molecular formula is C30H35F3N4O2S. The maximum absolute atomic E-state index is 15.1. The first-order chi connectivity index (χ1) is 18.7. The van der Waals surface area contributed by atoms with E-state index in [0.717, 1.165) is 12.0 Å². The van der Waals surface area contributed by atoms with Crippen LogP contribution in [-0.2, 0) is 16.1 Å². The SMILES string of the molecule is Cc1c(-c2cc(CC(C)C)ccc2F)cnc(N2CCCC(F)(F)CC2)c1C(=O)Nc1cccc(S(C)(=N)=O)c1. The standard InChI is InChI=1S/C30H35F3N4O2S/c1-19(2)15-21-9-10-26(31)24(16-21)25-18-35-28(37-13-6-11-30(32,33)12-14-37)27(20(25)3)29(38)36-22-7-5-8-23(17-22)40(4,34)39/h5,7-10,16-19,34H,6,11-15H2,1-4H3,(H,36,38). The van der Waals surface area contributed by atoms with Crippen molar-refractivity contribution in [2.24, 2.45) is 5.92 Å². The number of amides is 1. The average Bonchev–Trinajstić information content (AvgIpc) is 3.04.